The van der Waals surface area contributed by atoms with E-state index < -0.39 is 6.10 Å². The Morgan fingerprint density at radius 3 is 2.22 bits per heavy atom. The monoisotopic (exact) mass is 371 g/mol. The summed E-state index contributed by atoms with van der Waals surface area (Å²) in [5, 5.41) is 2.99. The van der Waals surface area contributed by atoms with Crippen LogP contribution in [0.15, 0.2) is 42.5 Å². The predicted octanol–water partition coefficient (Wildman–Crippen LogP) is 4.44. The fraction of sp³-hybridized carbons (Fsp3) is 0.409. The zero-order valence-corrected chi connectivity index (χ0v) is 16.7. The van der Waals surface area contributed by atoms with Crippen molar-refractivity contribution in [2.45, 2.75) is 46.8 Å². The van der Waals surface area contributed by atoms with Gasteiger partial charge in [-0.3, -0.25) is 4.79 Å². The molecule has 0 saturated heterocycles. The molecule has 0 spiro atoms. The Hall–Kier alpha value is -2.69. The molecule has 0 fully saturated rings. The van der Waals surface area contributed by atoms with Crippen LogP contribution in [0.2, 0.25) is 0 Å². The average molecular weight is 371 g/mol. The van der Waals surface area contributed by atoms with Crippen LogP contribution in [0.3, 0.4) is 0 Å². The zero-order valence-electron chi connectivity index (χ0n) is 16.7. The zero-order chi connectivity index (χ0) is 19.8. The summed E-state index contributed by atoms with van der Waals surface area (Å²) in [6, 6.07) is 13.2. The topological polar surface area (TPSA) is 56.8 Å². The van der Waals surface area contributed by atoms with Gasteiger partial charge in [0.2, 0.25) is 0 Å². The molecule has 1 N–H and O–H groups in total. The first-order valence-electron chi connectivity index (χ1n) is 9.37. The minimum Gasteiger partial charge on any atom is -0.490 e. The van der Waals surface area contributed by atoms with E-state index in [0.717, 1.165) is 11.1 Å². The van der Waals surface area contributed by atoms with Gasteiger partial charge in [0.1, 0.15) is 5.75 Å². The van der Waals surface area contributed by atoms with Gasteiger partial charge < -0.3 is 19.5 Å². The molecule has 0 aliphatic heterocycles. The summed E-state index contributed by atoms with van der Waals surface area (Å²) < 4.78 is 17.0. The molecule has 0 bridgehead atoms. The van der Waals surface area contributed by atoms with E-state index in [1.165, 1.54) is 0 Å². The highest BCUT2D eigenvalue weighted by Gasteiger charge is 2.19. The molecule has 1 amide bonds. The quantitative estimate of drug-likeness (QED) is 0.708. The molecule has 146 valence electrons. The van der Waals surface area contributed by atoms with Gasteiger partial charge in [-0.25, -0.2) is 0 Å². The maximum Gasteiger partial charge on any atom is 0.261 e. The molecule has 5 heteroatoms. The third kappa shape index (κ3) is 5.91. The van der Waals surface area contributed by atoms with Crippen LogP contribution in [0.4, 0.5) is 0 Å². The Labute approximate surface area is 161 Å². The Balaban J connectivity index is 2.02. The molecule has 0 saturated carbocycles. The standard InChI is InChI=1S/C22H29NO4/c1-6-25-20-13-10-18(14-21(20)26-7-2)16(4)23-22(24)17(5)27-19-11-8-15(3)9-12-19/h8-14,16-17H,6-7H2,1-5H3,(H,23,24). The third-order valence-electron chi connectivity index (χ3n) is 4.13. The van der Waals surface area contributed by atoms with E-state index in [1.54, 1.807) is 6.92 Å². The number of nitrogens with one attached hydrogen (secondary N) is 1. The first-order valence-corrected chi connectivity index (χ1v) is 9.37. The third-order valence-corrected chi connectivity index (χ3v) is 4.13. The van der Waals surface area contributed by atoms with E-state index in [9.17, 15) is 4.79 Å². The molecule has 27 heavy (non-hydrogen) atoms. The van der Waals surface area contributed by atoms with Crippen LogP contribution in [0.25, 0.3) is 0 Å². The second-order valence-electron chi connectivity index (χ2n) is 6.38. The van der Waals surface area contributed by atoms with Crippen LogP contribution >= 0.6 is 0 Å². The van der Waals surface area contributed by atoms with Gasteiger partial charge in [0.25, 0.3) is 5.91 Å². The van der Waals surface area contributed by atoms with Crippen LogP contribution in [-0.2, 0) is 4.79 Å². The highest BCUT2D eigenvalue weighted by Crippen LogP contribution is 2.30. The Bertz CT molecular complexity index is 742. The lowest BCUT2D eigenvalue weighted by Crippen LogP contribution is -2.37. The lowest BCUT2D eigenvalue weighted by atomic mass is 10.1. The lowest BCUT2D eigenvalue weighted by molar-refractivity contribution is -0.127. The van der Waals surface area contributed by atoms with Gasteiger partial charge in [0.15, 0.2) is 17.6 Å². The molecule has 0 heterocycles. The number of carbonyl (C=O) groups is 1. The summed E-state index contributed by atoms with van der Waals surface area (Å²) in [6.45, 7) is 10.7. The summed E-state index contributed by atoms with van der Waals surface area (Å²) in [6.07, 6.45) is -0.593. The molecule has 2 rings (SSSR count). The van der Waals surface area contributed by atoms with Gasteiger partial charge in [0, 0.05) is 0 Å². The summed E-state index contributed by atoms with van der Waals surface area (Å²) >= 11 is 0. The van der Waals surface area contributed by atoms with Crippen LogP contribution in [0.5, 0.6) is 17.2 Å². The molecule has 2 atom stereocenters. The van der Waals surface area contributed by atoms with Crippen molar-refractivity contribution in [3.05, 3.63) is 53.6 Å². The number of benzene rings is 2. The molecule has 2 aromatic carbocycles. The second kappa shape index (κ2) is 9.86. The van der Waals surface area contributed by atoms with Gasteiger partial charge in [-0.2, -0.15) is 0 Å². The number of aryl methyl sites for hydroxylation is 1. The number of hydrogen-bond donors (Lipinski definition) is 1. The van der Waals surface area contributed by atoms with Crippen molar-refractivity contribution in [3.8, 4) is 17.2 Å². The van der Waals surface area contributed by atoms with Crippen molar-refractivity contribution in [2.75, 3.05) is 13.2 Å². The predicted molar refractivity (Wildman–Crippen MR) is 107 cm³/mol. The fourth-order valence-corrected chi connectivity index (χ4v) is 2.63. The van der Waals surface area contributed by atoms with Crippen LogP contribution < -0.4 is 19.5 Å². The maximum atomic E-state index is 12.5. The van der Waals surface area contributed by atoms with E-state index in [0.29, 0.717) is 30.5 Å². The Morgan fingerprint density at radius 2 is 1.59 bits per heavy atom. The van der Waals surface area contributed by atoms with E-state index in [-0.39, 0.29) is 11.9 Å². The second-order valence-corrected chi connectivity index (χ2v) is 6.38. The smallest absolute Gasteiger partial charge is 0.261 e. The molecule has 2 unspecified atom stereocenters. The summed E-state index contributed by atoms with van der Waals surface area (Å²) in [4.78, 5) is 12.5. The molecular formula is C22H29NO4. The normalized spacial score (nSPS) is 12.8. The first-order chi connectivity index (χ1) is 12.9. The molecule has 5 nitrogen and oxygen atoms in total. The Kier molecular flexibility index (Phi) is 7.53. The number of amides is 1. The number of ether oxygens (including phenoxy) is 3. The molecule has 0 aliphatic carbocycles. The number of rotatable bonds is 9. The first kappa shape index (κ1) is 20.6. The minimum absolute atomic E-state index is 0.171. The minimum atomic E-state index is -0.593. The molecule has 0 aliphatic rings. The van der Waals surface area contributed by atoms with Crippen LogP contribution in [-0.4, -0.2) is 25.2 Å². The Morgan fingerprint density at radius 1 is 0.963 bits per heavy atom. The van der Waals surface area contributed by atoms with Gasteiger partial charge in [-0.1, -0.05) is 23.8 Å². The fourth-order valence-electron chi connectivity index (χ4n) is 2.63. The van der Waals surface area contributed by atoms with Gasteiger partial charge in [-0.05, 0) is 64.4 Å². The van der Waals surface area contributed by atoms with E-state index in [2.05, 4.69) is 5.32 Å². The molecular weight excluding hydrogens is 342 g/mol. The van der Waals surface area contributed by atoms with Crippen molar-refractivity contribution >= 4 is 5.91 Å². The molecule has 2 aromatic rings. The molecule has 0 radical (unpaired) electrons. The summed E-state index contributed by atoms with van der Waals surface area (Å²) in [5.74, 6) is 1.89. The van der Waals surface area contributed by atoms with Gasteiger partial charge in [0.05, 0.1) is 19.3 Å². The number of hydrogen-bond acceptors (Lipinski definition) is 4. The van der Waals surface area contributed by atoms with Gasteiger partial charge in [-0.15, -0.1) is 0 Å². The maximum absolute atomic E-state index is 12.5. The highest BCUT2D eigenvalue weighted by atomic mass is 16.5. The number of carbonyl (C=O) groups excluding carboxylic acids is 1. The SMILES string of the molecule is CCOc1ccc(C(C)NC(=O)C(C)Oc2ccc(C)cc2)cc1OCC. The summed E-state index contributed by atoms with van der Waals surface area (Å²) in [7, 11) is 0. The van der Waals surface area contributed by atoms with E-state index in [4.69, 9.17) is 14.2 Å². The highest BCUT2D eigenvalue weighted by molar-refractivity contribution is 5.81. The van der Waals surface area contributed by atoms with Crippen molar-refractivity contribution < 1.29 is 19.0 Å². The van der Waals surface area contributed by atoms with Crippen molar-refractivity contribution in [2.24, 2.45) is 0 Å². The van der Waals surface area contributed by atoms with Crippen LogP contribution in [0.1, 0.15) is 44.9 Å². The molecule has 0 aromatic heterocycles. The van der Waals surface area contributed by atoms with E-state index >= 15 is 0 Å². The van der Waals surface area contributed by atoms with Crippen molar-refractivity contribution in [3.63, 3.8) is 0 Å². The lowest BCUT2D eigenvalue weighted by Gasteiger charge is -2.20. The largest absolute Gasteiger partial charge is 0.490 e. The van der Waals surface area contributed by atoms with E-state index in [1.807, 2.05) is 70.2 Å². The van der Waals surface area contributed by atoms with Crippen molar-refractivity contribution in [1.82, 2.24) is 5.32 Å². The average Bonchev–Trinajstić information content (AvgIpc) is 2.65. The van der Waals surface area contributed by atoms with Crippen molar-refractivity contribution in [1.29, 1.82) is 0 Å². The summed E-state index contributed by atoms with van der Waals surface area (Å²) in [5.41, 5.74) is 2.09. The van der Waals surface area contributed by atoms with Crippen LogP contribution in [0, 0.1) is 6.92 Å². The van der Waals surface area contributed by atoms with Gasteiger partial charge >= 0.3 is 0 Å².